The molecule has 0 aromatic heterocycles. The number of benzene rings is 1. The summed E-state index contributed by atoms with van der Waals surface area (Å²) in [6.45, 7) is 0. The third kappa shape index (κ3) is 1.29. The van der Waals surface area contributed by atoms with Crippen molar-refractivity contribution in [1.29, 1.82) is 0 Å². The maximum atomic E-state index is 9.12. The first-order valence-corrected chi connectivity index (χ1v) is 3.51. The second-order valence-corrected chi connectivity index (χ2v) is 2.83. The monoisotopic (exact) mass is 192 g/mol. The van der Waals surface area contributed by atoms with Crippen molar-refractivity contribution in [1.82, 2.24) is 0 Å². The fourth-order valence-corrected chi connectivity index (χ4v) is 1.12. The van der Waals surface area contributed by atoms with Gasteiger partial charge in [-0.05, 0) is 6.07 Å². The number of phenols is 1. The second-order valence-electron chi connectivity index (χ2n) is 2.02. The zero-order chi connectivity index (χ0) is 8.59. The Labute approximate surface area is 73.5 Å². The summed E-state index contributed by atoms with van der Waals surface area (Å²) in [6.07, 6.45) is 0. The molecule has 0 unspecified atom stereocenters. The van der Waals surface area contributed by atoms with Gasteiger partial charge in [0.05, 0.1) is 15.7 Å². The van der Waals surface area contributed by atoms with Gasteiger partial charge in [0.25, 0.3) is 0 Å². The van der Waals surface area contributed by atoms with Gasteiger partial charge in [-0.1, -0.05) is 23.2 Å². The molecule has 0 aliphatic rings. The molecule has 1 aromatic rings. The molecule has 5 N–H and O–H groups in total. The Morgan fingerprint density at radius 1 is 1.09 bits per heavy atom. The lowest BCUT2D eigenvalue weighted by molar-refractivity contribution is 0.478. The van der Waals surface area contributed by atoms with E-state index in [0.717, 1.165) is 0 Å². The zero-order valence-electron chi connectivity index (χ0n) is 5.44. The number of nitrogen functional groups attached to an aromatic ring is 2. The van der Waals surface area contributed by atoms with Gasteiger partial charge in [0.15, 0.2) is 5.75 Å². The minimum atomic E-state index is -0.228. The van der Waals surface area contributed by atoms with Gasteiger partial charge in [-0.3, -0.25) is 0 Å². The number of halogens is 2. The van der Waals surface area contributed by atoms with E-state index < -0.39 is 0 Å². The minimum Gasteiger partial charge on any atom is -0.504 e. The molecular weight excluding hydrogens is 187 g/mol. The van der Waals surface area contributed by atoms with E-state index >= 15 is 0 Å². The average molecular weight is 193 g/mol. The third-order valence-electron chi connectivity index (χ3n) is 1.28. The van der Waals surface area contributed by atoms with Gasteiger partial charge in [0, 0.05) is 0 Å². The van der Waals surface area contributed by atoms with Gasteiger partial charge in [0.2, 0.25) is 0 Å². The number of aromatic hydroxyl groups is 1. The average Bonchev–Trinajstić information content (AvgIpc) is 1.97. The molecule has 0 saturated heterocycles. The van der Waals surface area contributed by atoms with Crippen LogP contribution in [0.3, 0.4) is 0 Å². The molecule has 0 aliphatic heterocycles. The summed E-state index contributed by atoms with van der Waals surface area (Å²) < 4.78 is 0. The molecule has 1 rings (SSSR count). The highest BCUT2D eigenvalue weighted by Gasteiger charge is 2.09. The van der Waals surface area contributed by atoms with Crippen LogP contribution in [0.4, 0.5) is 11.4 Å². The lowest BCUT2D eigenvalue weighted by Crippen LogP contribution is -1.95. The standard InChI is InChI=1S/C6H6Cl2N2O/c7-2-1-3(8)6(11)5(10)4(2)9/h1,11H,9-10H2. The molecule has 0 saturated carbocycles. The molecule has 11 heavy (non-hydrogen) atoms. The van der Waals surface area contributed by atoms with Gasteiger partial charge < -0.3 is 16.6 Å². The summed E-state index contributed by atoms with van der Waals surface area (Å²) in [4.78, 5) is 0. The van der Waals surface area contributed by atoms with Gasteiger partial charge in [-0.15, -0.1) is 0 Å². The van der Waals surface area contributed by atoms with Gasteiger partial charge in [-0.25, -0.2) is 0 Å². The normalized spacial score (nSPS) is 10.0. The van der Waals surface area contributed by atoms with Crippen molar-refractivity contribution in [2.75, 3.05) is 11.5 Å². The van der Waals surface area contributed by atoms with Crippen molar-refractivity contribution >= 4 is 34.6 Å². The van der Waals surface area contributed by atoms with Crippen LogP contribution in [0.15, 0.2) is 6.07 Å². The van der Waals surface area contributed by atoms with E-state index in [0.29, 0.717) is 0 Å². The van der Waals surface area contributed by atoms with Crippen LogP contribution in [0.1, 0.15) is 0 Å². The maximum Gasteiger partial charge on any atom is 0.159 e. The zero-order valence-corrected chi connectivity index (χ0v) is 6.95. The molecule has 5 heteroatoms. The van der Waals surface area contributed by atoms with Crippen molar-refractivity contribution < 1.29 is 5.11 Å². The Morgan fingerprint density at radius 2 is 1.64 bits per heavy atom. The highest BCUT2D eigenvalue weighted by molar-refractivity contribution is 6.38. The molecule has 1 aromatic carbocycles. The van der Waals surface area contributed by atoms with Crippen LogP contribution in [0, 0.1) is 0 Å². The van der Waals surface area contributed by atoms with Crippen LogP contribution in [-0.4, -0.2) is 5.11 Å². The molecule has 0 bridgehead atoms. The molecule has 60 valence electrons. The Balaban J connectivity index is 3.46. The number of hydrogen-bond donors (Lipinski definition) is 3. The highest BCUT2D eigenvalue weighted by Crippen LogP contribution is 2.38. The van der Waals surface area contributed by atoms with Crippen LogP contribution in [0.2, 0.25) is 10.0 Å². The second kappa shape index (κ2) is 2.68. The highest BCUT2D eigenvalue weighted by atomic mass is 35.5. The summed E-state index contributed by atoms with van der Waals surface area (Å²) in [5.74, 6) is -0.228. The van der Waals surface area contributed by atoms with E-state index in [2.05, 4.69) is 0 Å². The first-order chi connectivity index (χ1) is 5.04. The molecule has 0 spiro atoms. The lowest BCUT2D eigenvalue weighted by atomic mass is 10.2. The summed E-state index contributed by atoms with van der Waals surface area (Å²) >= 11 is 11.1. The Morgan fingerprint density at radius 3 is 2.18 bits per heavy atom. The third-order valence-corrected chi connectivity index (χ3v) is 1.88. The summed E-state index contributed by atoms with van der Waals surface area (Å²) in [5.41, 5.74) is 10.9. The van der Waals surface area contributed by atoms with Crippen LogP contribution >= 0.6 is 23.2 Å². The Hall–Kier alpha value is -0.800. The summed E-state index contributed by atoms with van der Waals surface area (Å²) in [5, 5.41) is 9.46. The van der Waals surface area contributed by atoms with E-state index in [9.17, 15) is 0 Å². The van der Waals surface area contributed by atoms with E-state index in [-0.39, 0.29) is 27.2 Å². The molecule has 0 amide bonds. The van der Waals surface area contributed by atoms with Crippen molar-refractivity contribution in [2.45, 2.75) is 0 Å². The predicted molar refractivity (Wildman–Crippen MR) is 47.0 cm³/mol. The fraction of sp³-hybridized carbons (Fsp3) is 0. The number of nitrogens with two attached hydrogens (primary N) is 2. The molecule has 0 radical (unpaired) electrons. The van der Waals surface area contributed by atoms with Crippen molar-refractivity contribution in [3.63, 3.8) is 0 Å². The minimum absolute atomic E-state index is 0.0162. The van der Waals surface area contributed by atoms with Gasteiger partial charge >= 0.3 is 0 Å². The molecule has 0 heterocycles. The van der Waals surface area contributed by atoms with E-state index in [4.69, 9.17) is 39.8 Å². The predicted octanol–water partition coefficient (Wildman–Crippen LogP) is 1.86. The fourth-order valence-electron chi connectivity index (χ4n) is 0.642. The van der Waals surface area contributed by atoms with E-state index in [1.165, 1.54) is 6.07 Å². The number of phenolic OH excluding ortho intramolecular Hbond substituents is 1. The Bertz CT molecular complexity index is 275. The summed E-state index contributed by atoms with van der Waals surface area (Å²) in [7, 11) is 0. The van der Waals surface area contributed by atoms with Crippen molar-refractivity contribution in [3.8, 4) is 5.75 Å². The number of hydrogen-bond acceptors (Lipinski definition) is 3. The van der Waals surface area contributed by atoms with E-state index in [1.54, 1.807) is 0 Å². The summed E-state index contributed by atoms with van der Waals surface area (Å²) in [6, 6.07) is 1.34. The molecule has 0 atom stereocenters. The van der Waals surface area contributed by atoms with Crippen LogP contribution in [-0.2, 0) is 0 Å². The molecule has 0 aliphatic carbocycles. The Kier molecular flexibility index (Phi) is 2.02. The quantitative estimate of drug-likeness (QED) is 0.435. The first-order valence-electron chi connectivity index (χ1n) is 2.76. The van der Waals surface area contributed by atoms with Crippen molar-refractivity contribution in [2.24, 2.45) is 0 Å². The van der Waals surface area contributed by atoms with Crippen molar-refractivity contribution in [3.05, 3.63) is 16.1 Å². The van der Waals surface area contributed by atoms with Crippen LogP contribution in [0.5, 0.6) is 5.75 Å². The van der Waals surface area contributed by atoms with Gasteiger partial charge in [0.1, 0.15) is 5.69 Å². The van der Waals surface area contributed by atoms with Crippen LogP contribution < -0.4 is 11.5 Å². The number of anilines is 2. The smallest absolute Gasteiger partial charge is 0.159 e. The maximum absolute atomic E-state index is 9.12. The van der Waals surface area contributed by atoms with E-state index in [1.807, 2.05) is 0 Å². The number of rotatable bonds is 0. The largest absolute Gasteiger partial charge is 0.504 e. The molecular formula is C6H6Cl2N2O. The van der Waals surface area contributed by atoms with Gasteiger partial charge in [-0.2, -0.15) is 0 Å². The lowest BCUT2D eigenvalue weighted by Gasteiger charge is -2.05. The molecule has 3 nitrogen and oxygen atoms in total. The topological polar surface area (TPSA) is 72.3 Å². The SMILES string of the molecule is Nc1c(Cl)cc(Cl)c(O)c1N. The first kappa shape index (κ1) is 8.30. The van der Waals surface area contributed by atoms with Crippen LogP contribution in [0.25, 0.3) is 0 Å². The molecule has 0 fully saturated rings.